The Morgan fingerprint density at radius 3 is 2.67 bits per heavy atom. The van der Waals surface area contributed by atoms with Gasteiger partial charge in [0, 0.05) is 30.2 Å². The second-order valence-electron chi connectivity index (χ2n) is 6.88. The average Bonchev–Trinajstić information content (AvgIpc) is 2.70. The Morgan fingerprint density at radius 1 is 1.04 bits per heavy atom. The molecule has 1 aliphatic rings. The molecule has 142 valence electrons. The highest BCUT2D eigenvalue weighted by molar-refractivity contribution is 6.37. The fourth-order valence-electron chi connectivity index (χ4n) is 3.31. The molecule has 0 atom stereocenters. The molecule has 3 rings (SSSR count). The van der Waals surface area contributed by atoms with Gasteiger partial charge in [-0.25, -0.2) is 4.42 Å². The molecule has 0 unspecified atom stereocenters. The lowest BCUT2D eigenvalue weighted by Gasteiger charge is -2.23. The molecule has 0 saturated carbocycles. The first-order chi connectivity index (χ1) is 13.1. The van der Waals surface area contributed by atoms with Crippen LogP contribution >= 0.6 is 11.8 Å². The molecule has 0 aromatic heterocycles. The Labute approximate surface area is 165 Å². The van der Waals surface area contributed by atoms with Crippen LogP contribution in [0.2, 0.25) is 0 Å². The molecule has 0 saturated heterocycles. The number of rotatable bonds is 9. The van der Waals surface area contributed by atoms with Crippen molar-refractivity contribution in [2.75, 3.05) is 17.5 Å². The maximum atomic E-state index is 12.4. The van der Waals surface area contributed by atoms with Crippen molar-refractivity contribution in [2.45, 2.75) is 38.5 Å². The lowest BCUT2D eigenvalue weighted by atomic mass is 9.97. The van der Waals surface area contributed by atoms with Crippen LogP contribution in [0.1, 0.15) is 47.2 Å². The zero-order valence-electron chi connectivity index (χ0n) is 15.4. The van der Waals surface area contributed by atoms with Crippen molar-refractivity contribution in [3.8, 4) is 0 Å². The largest absolute Gasteiger partial charge is 0.316 e. The van der Waals surface area contributed by atoms with Crippen molar-refractivity contribution in [1.82, 2.24) is 5.32 Å². The number of ketones is 1. The van der Waals surface area contributed by atoms with Crippen molar-refractivity contribution in [1.29, 1.82) is 0 Å². The fourth-order valence-corrected chi connectivity index (χ4v) is 3.56. The smallest absolute Gasteiger partial charge is 0.241 e. The molecule has 5 heteroatoms. The number of benzene rings is 2. The number of Topliss-reactive ketones (excluding diaryl/α,β-unsaturated/α-hetero) is 1. The van der Waals surface area contributed by atoms with Gasteiger partial charge in [-0.05, 0) is 68.1 Å². The van der Waals surface area contributed by atoms with Gasteiger partial charge in [-0.1, -0.05) is 30.3 Å². The normalized spacial score (nSPS) is 13.5. The molecular weight excluding hydrogens is 360 g/mol. The predicted octanol–water partition coefficient (Wildman–Crippen LogP) is 4.30. The quantitative estimate of drug-likeness (QED) is 0.398. The van der Waals surface area contributed by atoms with Crippen molar-refractivity contribution in [3.05, 3.63) is 65.2 Å². The third kappa shape index (κ3) is 5.41. The van der Waals surface area contributed by atoms with Gasteiger partial charge < -0.3 is 5.32 Å². The summed E-state index contributed by atoms with van der Waals surface area (Å²) in [4.78, 5) is 24.0. The van der Waals surface area contributed by atoms with E-state index in [1.54, 1.807) is 12.1 Å². The minimum absolute atomic E-state index is 0.0944. The fraction of sp³-hybridized carbons (Fsp3) is 0.364. The molecule has 27 heavy (non-hydrogen) atoms. The molecule has 2 aromatic carbocycles. The van der Waals surface area contributed by atoms with Crippen molar-refractivity contribution in [2.24, 2.45) is 0 Å². The molecular formula is C22H25ClN2O2. The topological polar surface area (TPSA) is 49.4 Å². The highest BCUT2D eigenvalue weighted by Crippen LogP contribution is 2.30. The van der Waals surface area contributed by atoms with Gasteiger partial charge in [0.15, 0.2) is 5.78 Å². The molecule has 1 aliphatic heterocycles. The molecule has 0 radical (unpaired) electrons. The lowest BCUT2D eigenvalue weighted by molar-refractivity contribution is -0.117. The predicted molar refractivity (Wildman–Crippen MR) is 109 cm³/mol. The van der Waals surface area contributed by atoms with E-state index in [0.717, 1.165) is 42.3 Å². The van der Waals surface area contributed by atoms with Crippen molar-refractivity contribution < 1.29 is 9.59 Å². The number of carbonyl (C=O) groups is 2. The minimum atomic E-state index is -0.0944. The SMILES string of the molecule is O=C(CCCCNCCc1ccccc1)c1ccc2c(c1)CCC(=O)N2Cl. The number of anilines is 1. The monoisotopic (exact) mass is 384 g/mol. The summed E-state index contributed by atoms with van der Waals surface area (Å²) in [6.07, 6.45) is 4.45. The third-order valence-electron chi connectivity index (χ3n) is 4.88. The molecule has 2 aromatic rings. The van der Waals surface area contributed by atoms with Gasteiger partial charge >= 0.3 is 0 Å². The zero-order chi connectivity index (χ0) is 19.1. The van der Waals surface area contributed by atoms with E-state index in [-0.39, 0.29) is 11.7 Å². The number of nitrogens with one attached hydrogen (secondary N) is 1. The molecule has 1 N–H and O–H groups in total. The number of unbranched alkanes of at least 4 members (excludes halogenated alkanes) is 1. The van der Waals surface area contributed by atoms with E-state index in [1.165, 1.54) is 5.56 Å². The summed E-state index contributed by atoms with van der Waals surface area (Å²) in [5, 5.41) is 3.43. The van der Waals surface area contributed by atoms with Crippen LogP contribution in [-0.4, -0.2) is 24.8 Å². The molecule has 0 aliphatic carbocycles. The number of nitrogens with zero attached hydrogens (tertiary/aromatic N) is 1. The van der Waals surface area contributed by atoms with Crippen LogP contribution in [0.15, 0.2) is 48.5 Å². The van der Waals surface area contributed by atoms with Crippen molar-refractivity contribution >= 4 is 29.2 Å². The van der Waals surface area contributed by atoms with Gasteiger partial charge in [0.1, 0.15) is 0 Å². The van der Waals surface area contributed by atoms with Crippen LogP contribution < -0.4 is 9.74 Å². The number of hydrogen-bond acceptors (Lipinski definition) is 3. The first-order valence-corrected chi connectivity index (χ1v) is 9.88. The van der Waals surface area contributed by atoms with Crippen LogP contribution in [0.4, 0.5) is 5.69 Å². The molecule has 0 spiro atoms. The molecule has 0 bridgehead atoms. The molecule has 4 nitrogen and oxygen atoms in total. The van der Waals surface area contributed by atoms with E-state index >= 15 is 0 Å². The highest BCUT2D eigenvalue weighted by atomic mass is 35.5. The van der Waals surface area contributed by atoms with E-state index in [4.69, 9.17) is 11.8 Å². The second kappa shape index (κ2) is 9.67. The number of amides is 1. The Morgan fingerprint density at radius 2 is 1.85 bits per heavy atom. The van der Waals surface area contributed by atoms with E-state index in [9.17, 15) is 9.59 Å². The van der Waals surface area contributed by atoms with E-state index in [1.807, 2.05) is 12.1 Å². The summed E-state index contributed by atoms with van der Waals surface area (Å²) in [6, 6.07) is 15.9. The zero-order valence-corrected chi connectivity index (χ0v) is 16.2. The number of halogens is 1. The first kappa shape index (κ1) is 19.6. The summed E-state index contributed by atoms with van der Waals surface area (Å²) >= 11 is 6.00. The maximum absolute atomic E-state index is 12.4. The van der Waals surface area contributed by atoms with Crippen LogP contribution in [-0.2, 0) is 17.6 Å². The van der Waals surface area contributed by atoms with Gasteiger partial charge in [0.25, 0.3) is 0 Å². The summed E-state index contributed by atoms with van der Waals surface area (Å²) in [5.41, 5.74) is 3.72. The van der Waals surface area contributed by atoms with E-state index in [0.29, 0.717) is 30.5 Å². The summed E-state index contributed by atoms with van der Waals surface area (Å²) in [7, 11) is 0. The summed E-state index contributed by atoms with van der Waals surface area (Å²) in [6.45, 7) is 1.88. The summed E-state index contributed by atoms with van der Waals surface area (Å²) < 4.78 is 1.16. The Bertz CT molecular complexity index is 792. The third-order valence-corrected chi connectivity index (χ3v) is 5.25. The highest BCUT2D eigenvalue weighted by Gasteiger charge is 2.23. The number of aryl methyl sites for hydroxylation is 1. The van der Waals surface area contributed by atoms with Crippen LogP contribution in [0.25, 0.3) is 0 Å². The second-order valence-corrected chi connectivity index (χ2v) is 7.22. The number of fused-ring (bicyclic) bond motifs is 1. The number of hydrogen-bond donors (Lipinski definition) is 1. The Hall–Kier alpha value is -2.17. The van der Waals surface area contributed by atoms with Gasteiger partial charge in [0.2, 0.25) is 5.91 Å². The minimum Gasteiger partial charge on any atom is -0.316 e. The maximum Gasteiger partial charge on any atom is 0.241 e. The Kier molecular flexibility index (Phi) is 7.02. The molecule has 1 amide bonds. The molecule has 1 heterocycles. The first-order valence-electron chi connectivity index (χ1n) is 9.54. The van der Waals surface area contributed by atoms with E-state index in [2.05, 4.69) is 29.6 Å². The van der Waals surface area contributed by atoms with Gasteiger partial charge in [0.05, 0.1) is 5.69 Å². The Balaban J connectivity index is 1.37. The average molecular weight is 385 g/mol. The van der Waals surface area contributed by atoms with Gasteiger partial charge in [-0.15, -0.1) is 0 Å². The standard InChI is InChI=1S/C22H25ClN2O2/c23-25-20-11-9-19(16-18(20)10-12-22(25)27)21(26)8-4-5-14-24-15-13-17-6-2-1-3-7-17/h1-3,6-7,9,11,16,24H,4-5,8,10,12-15H2. The lowest BCUT2D eigenvalue weighted by Crippen LogP contribution is -2.26. The van der Waals surface area contributed by atoms with Crippen molar-refractivity contribution in [3.63, 3.8) is 0 Å². The number of carbonyl (C=O) groups excluding carboxylic acids is 2. The van der Waals surface area contributed by atoms with Gasteiger partial charge in [-0.2, -0.15) is 0 Å². The van der Waals surface area contributed by atoms with Crippen LogP contribution in [0.3, 0.4) is 0 Å². The van der Waals surface area contributed by atoms with Gasteiger partial charge in [-0.3, -0.25) is 9.59 Å². The summed E-state index contributed by atoms with van der Waals surface area (Å²) in [5.74, 6) is 0.0584. The molecule has 0 fully saturated rings. The van der Waals surface area contributed by atoms with Crippen LogP contribution in [0.5, 0.6) is 0 Å². The van der Waals surface area contributed by atoms with E-state index < -0.39 is 0 Å². The van der Waals surface area contributed by atoms with Crippen LogP contribution in [0, 0.1) is 0 Å².